The molecule has 27 heavy (non-hydrogen) atoms. The normalized spacial score (nSPS) is 10.6. The van der Waals surface area contributed by atoms with Crippen molar-refractivity contribution in [2.24, 2.45) is 0 Å². The molecule has 0 radical (unpaired) electrons. The smallest absolute Gasteiger partial charge is 0.293 e. The van der Waals surface area contributed by atoms with Gasteiger partial charge in [-0.2, -0.15) is 0 Å². The molecule has 3 aromatic rings. The molecule has 1 N–H and O–H groups in total. The first kappa shape index (κ1) is 18.6. The number of nitro benzene ring substituents is 1. The van der Waals surface area contributed by atoms with Crippen molar-refractivity contribution >= 4 is 29.0 Å². The summed E-state index contributed by atoms with van der Waals surface area (Å²) in [6, 6.07) is 12.3. The number of nitro groups is 1. The number of benzene rings is 2. The van der Waals surface area contributed by atoms with E-state index in [9.17, 15) is 14.9 Å². The minimum absolute atomic E-state index is 0.0129. The van der Waals surface area contributed by atoms with Gasteiger partial charge in [0, 0.05) is 11.6 Å². The highest BCUT2D eigenvalue weighted by molar-refractivity contribution is 7.99. The summed E-state index contributed by atoms with van der Waals surface area (Å²) in [4.78, 5) is 22.9. The van der Waals surface area contributed by atoms with E-state index >= 15 is 0 Å². The highest BCUT2D eigenvalue weighted by Gasteiger charge is 2.20. The maximum absolute atomic E-state index is 12.3. The van der Waals surface area contributed by atoms with E-state index in [1.54, 1.807) is 13.0 Å². The zero-order valence-electron chi connectivity index (χ0n) is 14.6. The number of nitrogens with one attached hydrogen (secondary N) is 1. The first-order valence-corrected chi connectivity index (χ1v) is 9.00. The van der Waals surface area contributed by atoms with Crippen molar-refractivity contribution in [3.63, 3.8) is 0 Å². The summed E-state index contributed by atoms with van der Waals surface area (Å²) in [5.41, 5.74) is 2.37. The van der Waals surface area contributed by atoms with E-state index in [1.807, 2.05) is 37.3 Å². The maximum Gasteiger partial charge on any atom is 0.293 e. The van der Waals surface area contributed by atoms with Crippen LogP contribution in [0.3, 0.4) is 0 Å². The molecule has 0 atom stereocenters. The predicted octanol–water partition coefficient (Wildman–Crippen LogP) is 3.99. The van der Waals surface area contributed by atoms with Crippen molar-refractivity contribution in [3.8, 4) is 11.5 Å². The Morgan fingerprint density at radius 3 is 2.63 bits per heavy atom. The second-order valence-corrected chi connectivity index (χ2v) is 6.66. The van der Waals surface area contributed by atoms with Crippen LogP contribution >= 0.6 is 11.8 Å². The number of aromatic nitrogens is 2. The van der Waals surface area contributed by atoms with Gasteiger partial charge in [0.05, 0.1) is 10.7 Å². The molecule has 0 aliphatic heterocycles. The predicted molar refractivity (Wildman–Crippen MR) is 102 cm³/mol. The molecule has 1 aromatic heterocycles. The Morgan fingerprint density at radius 2 is 1.93 bits per heavy atom. The Kier molecular flexibility index (Phi) is 5.51. The Bertz CT molecular complexity index is 988. The molecule has 0 saturated heterocycles. The van der Waals surface area contributed by atoms with Gasteiger partial charge in [-0.3, -0.25) is 14.9 Å². The summed E-state index contributed by atoms with van der Waals surface area (Å²) in [7, 11) is 0. The van der Waals surface area contributed by atoms with Gasteiger partial charge in [-0.05, 0) is 37.1 Å². The van der Waals surface area contributed by atoms with Gasteiger partial charge in [-0.15, -0.1) is 10.2 Å². The van der Waals surface area contributed by atoms with E-state index in [1.165, 1.54) is 6.07 Å². The molecule has 0 spiro atoms. The summed E-state index contributed by atoms with van der Waals surface area (Å²) < 4.78 is 5.53. The lowest BCUT2D eigenvalue weighted by Gasteiger charge is -2.10. The van der Waals surface area contributed by atoms with Gasteiger partial charge < -0.3 is 9.73 Å². The number of carbonyl (C=O) groups is 1. The number of aryl methyl sites for hydroxylation is 1. The minimum Gasteiger partial charge on any atom is -0.411 e. The molecule has 0 saturated carbocycles. The monoisotopic (exact) mass is 384 g/mol. The van der Waals surface area contributed by atoms with Crippen molar-refractivity contribution in [2.75, 3.05) is 11.1 Å². The quantitative estimate of drug-likeness (QED) is 0.388. The summed E-state index contributed by atoms with van der Waals surface area (Å²) in [6.07, 6.45) is 0. The van der Waals surface area contributed by atoms with E-state index in [0.717, 1.165) is 22.9 Å². The van der Waals surface area contributed by atoms with Crippen LogP contribution in [0.1, 0.15) is 11.1 Å². The van der Waals surface area contributed by atoms with Crippen LogP contribution in [0.15, 0.2) is 52.1 Å². The fourth-order valence-electron chi connectivity index (χ4n) is 2.38. The number of carbonyl (C=O) groups excluding carboxylic acids is 1. The van der Waals surface area contributed by atoms with Gasteiger partial charge in [-0.1, -0.05) is 36.0 Å². The van der Waals surface area contributed by atoms with Crippen LogP contribution in [0.4, 0.5) is 11.4 Å². The summed E-state index contributed by atoms with van der Waals surface area (Å²) in [6.45, 7) is 3.56. The number of nitrogens with zero attached hydrogens (tertiary/aromatic N) is 3. The van der Waals surface area contributed by atoms with Gasteiger partial charge >= 0.3 is 0 Å². The lowest BCUT2D eigenvalue weighted by molar-refractivity contribution is -0.384. The van der Waals surface area contributed by atoms with Gasteiger partial charge in [0.15, 0.2) is 0 Å². The van der Waals surface area contributed by atoms with E-state index in [4.69, 9.17) is 4.42 Å². The molecular weight excluding hydrogens is 368 g/mol. The van der Waals surface area contributed by atoms with E-state index in [2.05, 4.69) is 15.5 Å². The molecule has 9 heteroatoms. The summed E-state index contributed by atoms with van der Waals surface area (Å²) in [5, 5.41) is 21.9. The number of rotatable bonds is 6. The van der Waals surface area contributed by atoms with E-state index in [0.29, 0.717) is 11.5 Å². The Hall–Kier alpha value is -3.20. The molecular formula is C18H16N4O4S. The third-order valence-electron chi connectivity index (χ3n) is 3.93. The topological polar surface area (TPSA) is 111 Å². The minimum atomic E-state index is -0.515. The van der Waals surface area contributed by atoms with Crippen molar-refractivity contribution in [1.82, 2.24) is 10.2 Å². The number of amides is 1. The molecule has 3 rings (SSSR count). The molecule has 0 aliphatic rings. The van der Waals surface area contributed by atoms with Crippen LogP contribution in [0.5, 0.6) is 0 Å². The lowest BCUT2D eigenvalue weighted by Crippen LogP contribution is -2.16. The second-order valence-electron chi connectivity index (χ2n) is 5.73. The molecule has 2 aromatic carbocycles. The van der Waals surface area contributed by atoms with Crippen LogP contribution in [0.2, 0.25) is 0 Å². The van der Waals surface area contributed by atoms with Crippen LogP contribution < -0.4 is 5.32 Å². The molecule has 0 bridgehead atoms. The fraction of sp³-hybridized carbons (Fsp3) is 0.167. The van der Waals surface area contributed by atoms with Crippen LogP contribution in [0.25, 0.3) is 11.5 Å². The number of thioether (sulfide) groups is 1. The first-order chi connectivity index (χ1) is 13.0. The second kappa shape index (κ2) is 8.00. The van der Waals surface area contributed by atoms with Crippen LogP contribution in [0, 0.1) is 24.0 Å². The standard InChI is InChI=1S/C18H16N4O4S/c1-11-8-9-14(22(24)25)16(12(11)2)19-15(23)10-27-18-21-20-17(26-18)13-6-4-3-5-7-13/h3-9H,10H2,1-2H3,(H,19,23). The molecule has 8 nitrogen and oxygen atoms in total. The highest BCUT2D eigenvalue weighted by atomic mass is 32.2. The van der Waals surface area contributed by atoms with Gasteiger partial charge in [0.2, 0.25) is 11.8 Å². The van der Waals surface area contributed by atoms with Gasteiger partial charge in [-0.25, -0.2) is 0 Å². The molecule has 0 aliphatic carbocycles. The van der Waals surface area contributed by atoms with Gasteiger partial charge in [0.1, 0.15) is 5.69 Å². The third kappa shape index (κ3) is 4.32. The Labute approximate surface area is 159 Å². The van der Waals surface area contributed by atoms with Crippen LogP contribution in [-0.4, -0.2) is 26.8 Å². The number of anilines is 1. The first-order valence-electron chi connectivity index (χ1n) is 8.02. The average molecular weight is 384 g/mol. The largest absolute Gasteiger partial charge is 0.411 e. The number of hydrogen-bond acceptors (Lipinski definition) is 7. The zero-order chi connectivity index (χ0) is 19.4. The molecule has 138 valence electrons. The van der Waals surface area contributed by atoms with Crippen molar-refractivity contribution in [1.29, 1.82) is 0 Å². The van der Waals surface area contributed by atoms with E-state index < -0.39 is 10.8 Å². The highest BCUT2D eigenvalue weighted by Crippen LogP contribution is 2.30. The van der Waals surface area contributed by atoms with Crippen LogP contribution in [-0.2, 0) is 4.79 Å². The number of hydrogen-bond donors (Lipinski definition) is 1. The Balaban J connectivity index is 1.67. The molecule has 0 unspecified atom stereocenters. The summed E-state index contributed by atoms with van der Waals surface area (Å²) in [5.74, 6) is -0.0408. The Morgan fingerprint density at radius 1 is 1.19 bits per heavy atom. The van der Waals surface area contributed by atoms with Crippen molar-refractivity contribution < 1.29 is 14.1 Å². The molecule has 1 heterocycles. The van der Waals surface area contributed by atoms with Crippen molar-refractivity contribution in [2.45, 2.75) is 19.1 Å². The lowest BCUT2D eigenvalue weighted by atomic mass is 10.1. The third-order valence-corrected chi connectivity index (χ3v) is 4.75. The zero-order valence-corrected chi connectivity index (χ0v) is 15.4. The fourth-order valence-corrected chi connectivity index (χ4v) is 2.94. The van der Waals surface area contributed by atoms with E-state index in [-0.39, 0.29) is 22.4 Å². The SMILES string of the molecule is Cc1ccc([N+](=O)[O-])c(NC(=O)CSc2nnc(-c3ccccc3)o2)c1C. The molecule has 1 amide bonds. The summed E-state index contributed by atoms with van der Waals surface area (Å²) >= 11 is 1.07. The molecule has 0 fully saturated rings. The van der Waals surface area contributed by atoms with Crippen molar-refractivity contribution in [3.05, 3.63) is 63.7 Å². The average Bonchev–Trinajstić information content (AvgIpc) is 3.13. The van der Waals surface area contributed by atoms with Gasteiger partial charge in [0.25, 0.3) is 10.9 Å². The maximum atomic E-state index is 12.3.